The van der Waals surface area contributed by atoms with E-state index < -0.39 is 0 Å². The number of carbonyl (C=O) groups is 1. The smallest absolute Gasteiger partial charge is 0.229 e. The van der Waals surface area contributed by atoms with Crippen LogP contribution in [0.4, 0.5) is 0 Å². The van der Waals surface area contributed by atoms with E-state index in [0.29, 0.717) is 0 Å². The van der Waals surface area contributed by atoms with Gasteiger partial charge >= 0.3 is 0 Å². The minimum atomic E-state index is -0.203. The summed E-state index contributed by atoms with van der Waals surface area (Å²) < 4.78 is 0. The van der Waals surface area contributed by atoms with Crippen LogP contribution in [-0.4, -0.2) is 17.7 Å². The molecule has 1 aliphatic rings. The maximum atomic E-state index is 12.0. The summed E-state index contributed by atoms with van der Waals surface area (Å²) in [6.45, 7) is 1.81. The van der Waals surface area contributed by atoms with Gasteiger partial charge in [0.25, 0.3) is 0 Å². The van der Waals surface area contributed by atoms with Gasteiger partial charge in [-0.05, 0) is 18.6 Å². The summed E-state index contributed by atoms with van der Waals surface area (Å²) >= 11 is 1.73. The molecule has 16 heavy (non-hydrogen) atoms. The Morgan fingerprint density at radius 3 is 3.12 bits per heavy atom. The number of benzene rings is 1. The molecule has 0 saturated heterocycles. The summed E-state index contributed by atoms with van der Waals surface area (Å²) in [4.78, 5) is 13.2. The Kier molecular flexibility index (Phi) is 3.21. The highest BCUT2D eigenvalue weighted by molar-refractivity contribution is 7.99. The van der Waals surface area contributed by atoms with Gasteiger partial charge in [-0.25, -0.2) is 0 Å². The molecule has 0 aromatic heterocycles. The van der Waals surface area contributed by atoms with Crippen LogP contribution in [0.25, 0.3) is 0 Å². The fourth-order valence-corrected chi connectivity index (χ4v) is 2.96. The van der Waals surface area contributed by atoms with Crippen molar-refractivity contribution in [3.8, 4) is 12.3 Å². The molecule has 0 bridgehead atoms. The lowest BCUT2D eigenvalue weighted by Crippen LogP contribution is -2.35. The Morgan fingerprint density at radius 1 is 1.62 bits per heavy atom. The van der Waals surface area contributed by atoms with Gasteiger partial charge in [-0.2, -0.15) is 0 Å². The van der Waals surface area contributed by atoms with Crippen LogP contribution in [0.5, 0.6) is 0 Å². The molecule has 0 spiro atoms. The first kappa shape index (κ1) is 11.1. The second-order valence-corrected chi connectivity index (χ2v) is 4.86. The molecule has 0 saturated carbocycles. The minimum Gasteiger partial charge on any atom is -0.342 e. The normalized spacial score (nSPS) is 19.6. The highest BCUT2D eigenvalue weighted by Crippen LogP contribution is 2.39. The van der Waals surface area contributed by atoms with E-state index >= 15 is 0 Å². The molecule has 1 aromatic carbocycles. The molecule has 3 heteroatoms. The third kappa shape index (κ3) is 2.07. The molecule has 1 heterocycles. The SMILES string of the molecule is C#CC(C)NC(=O)C1CSc2ccccc21. The van der Waals surface area contributed by atoms with Gasteiger partial charge in [0, 0.05) is 10.6 Å². The van der Waals surface area contributed by atoms with Crippen LogP contribution >= 0.6 is 11.8 Å². The first-order valence-electron chi connectivity index (χ1n) is 5.20. The van der Waals surface area contributed by atoms with E-state index in [1.54, 1.807) is 11.8 Å². The van der Waals surface area contributed by atoms with Crippen LogP contribution in [-0.2, 0) is 4.79 Å². The summed E-state index contributed by atoms with van der Waals surface area (Å²) in [5.41, 5.74) is 1.12. The molecule has 2 unspecified atom stereocenters. The molecule has 1 aromatic rings. The van der Waals surface area contributed by atoms with Crippen LogP contribution in [0.1, 0.15) is 18.4 Å². The van der Waals surface area contributed by atoms with Gasteiger partial charge in [0.2, 0.25) is 5.91 Å². The average molecular weight is 231 g/mol. The van der Waals surface area contributed by atoms with Gasteiger partial charge in [-0.1, -0.05) is 24.1 Å². The van der Waals surface area contributed by atoms with E-state index in [1.807, 2.05) is 25.1 Å². The summed E-state index contributed by atoms with van der Waals surface area (Å²) in [5, 5.41) is 2.82. The number of fused-ring (bicyclic) bond motifs is 1. The van der Waals surface area contributed by atoms with Crippen molar-refractivity contribution in [3.05, 3.63) is 29.8 Å². The molecule has 2 rings (SSSR count). The van der Waals surface area contributed by atoms with E-state index in [2.05, 4.69) is 17.3 Å². The average Bonchev–Trinajstić information content (AvgIpc) is 2.72. The van der Waals surface area contributed by atoms with Crippen molar-refractivity contribution in [3.63, 3.8) is 0 Å². The number of terminal acetylenes is 1. The van der Waals surface area contributed by atoms with Gasteiger partial charge in [0.05, 0.1) is 12.0 Å². The number of hydrogen-bond donors (Lipinski definition) is 1. The van der Waals surface area contributed by atoms with Crippen molar-refractivity contribution in [1.29, 1.82) is 0 Å². The van der Waals surface area contributed by atoms with Crippen LogP contribution < -0.4 is 5.32 Å². The Bertz CT molecular complexity index is 449. The summed E-state index contributed by atoms with van der Waals surface area (Å²) in [7, 11) is 0. The molecule has 0 fully saturated rings. The second kappa shape index (κ2) is 4.63. The second-order valence-electron chi connectivity index (χ2n) is 3.80. The maximum Gasteiger partial charge on any atom is 0.229 e. The number of amides is 1. The Balaban J connectivity index is 2.14. The van der Waals surface area contributed by atoms with Crippen LogP contribution in [0.2, 0.25) is 0 Å². The molecule has 82 valence electrons. The third-order valence-electron chi connectivity index (χ3n) is 2.63. The predicted molar refractivity (Wildman–Crippen MR) is 66.3 cm³/mol. The van der Waals surface area contributed by atoms with Crippen LogP contribution in [0, 0.1) is 12.3 Å². The first-order chi connectivity index (χ1) is 7.72. The maximum absolute atomic E-state index is 12.0. The lowest BCUT2D eigenvalue weighted by Gasteiger charge is -2.13. The quantitative estimate of drug-likeness (QED) is 0.789. The fourth-order valence-electron chi connectivity index (χ4n) is 1.74. The molecular formula is C13H13NOS. The highest BCUT2D eigenvalue weighted by Gasteiger charge is 2.29. The van der Waals surface area contributed by atoms with Crippen molar-refractivity contribution in [2.24, 2.45) is 0 Å². The molecular weight excluding hydrogens is 218 g/mol. The molecule has 0 aliphatic carbocycles. The Morgan fingerprint density at radius 2 is 2.38 bits per heavy atom. The van der Waals surface area contributed by atoms with Crippen LogP contribution in [0.3, 0.4) is 0 Å². The molecule has 1 N–H and O–H groups in total. The van der Waals surface area contributed by atoms with Gasteiger partial charge in [-0.3, -0.25) is 4.79 Å². The van der Waals surface area contributed by atoms with Crippen molar-refractivity contribution >= 4 is 17.7 Å². The highest BCUT2D eigenvalue weighted by atomic mass is 32.2. The van der Waals surface area contributed by atoms with E-state index in [1.165, 1.54) is 4.90 Å². The summed E-state index contributed by atoms with van der Waals surface area (Å²) in [6.07, 6.45) is 5.24. The molecule has 1 amide bonds. The first-order valence-corrected chi connectivity index (χ1v) is 6.19. The Hall–Kier alpha value is -1.40. The van der Waals surface area contributed by atoms with Crippen molar-refractivity contribution in [1.82, 2.24) is 5.32 Å². The molecule has 2 atom stereocenters. The lowest BCUT2D eigenvalue weighted by molar-refractivity contribution is -0.122. The topological polar surface area (TPSA) is 29.1 Å². The van der Waals surface area contributed by atoms with E-state index in [-0.39, 0.29) is 17.9 Å². The number of rotatable bonds is 2. The van der Waals surface area contributed by atoms with Gasteiger partial charge < -0.3 is 5.32 Å². The van der Waals surface area contributed by atoms with E-state index in [0.717, 1.165) is 11.3 Å². The number of carbonyl (C=O) groups excluding carboxylic acids is 1. The van der Waals surface area contributed by atoms with E-state index in [4.69, 9.17) is 6.42 Å². The third-order valence-corrected chi connectivity index (χ3v) is 3.81. The zero-order valence-corrected chi connectivity index (χ0v) is 9.88. The monoisotopic (exact) mass is 231 g/mol. The zero-order valence-electron chi connectivity index (χ0n) is 9.07. The zero-order chi connectivity index (χ0) is 11.5. The standard InChI is InChI=1S/C13H13NOS/c1-3-9(2)14-13(15)11-8-16-12-7-5-4-6-10(11)12/h1,4-7,9,11H,8H2,2H3,(H,14,15). The fraction of sp³-hybridized carbons (Fsp3) is 0.308. The number of hydrogen-bond acceptors (Lipinski definition) is 2. The molecule has 2 nitrogen and oxygen atoms in total. The lowest BCUT2D eigenvalue weighted by atomic mass is 10.0. The Labute approximate surface area is 99.8 Å². The number of thioether (sulfide) groups is 1. The minimum absolute atomic E-state index is 0.0305. The predicted octanol–water partition coefficient (Wildman–Crippen LogP) is 2.01. The van der Waals surface area contributed by atoms with Gasteiger partial charge in [0.15, 0.2) is 0 Å². The van der Waals surface area contributed by atoms with Crippen molar-refractivity contribution in [2.45, 2.75) is 23.8 Å². The molecule has 1 aliphatic heterocycles. The largest absolute Gasteiger partial charge is 0.342 e. The van der Waals surface area contributed by atoms with Crippen LogP contribution in [0.15, 0.2) is 29.2 Å². The summed E-state index contributed by atoms with van der Waals surface area (Å²) in [5.74, 6) is 3.28. The van der Waals surface area contributed by atoms with Gasteiger partial charge in [0.1, 0.15) is 0 Å². The molecule has 0 radical (unpaired) electrons. The van der Waals surface area contributed by atoms with E-state index in [9.17, 15) is 4.79 Å². The van der Waals surface area contributed by atoms with Crippen molar-refractivity contribution in [2.75, 3.05) is 5.75 Å². The summed E-state index contributed by atoms with van der Waals surface area (Å²) in [6, 6.07) is 7.83. The van der Waals surface area contributed by atoms with Crippen molar-refractivity contribution < 1.29 is 4.79 Å². The number of nitrogens with one attached hydrogen (secondary N) is 1. The van der Waals surface area contributed by atoms with Gasteiger partial charge in [-0.15, -0.1) is 18.2 Å².